The van der Waals surface area contributed by atoms with E-state index in [-0.39, 0.29) is 5.91 Å². The van der Waals surface area contributed by atoms with Crippen molar-refractivity contribution in [3.8, 4) is 5.75 Å². The molecule has 0 aromatic heterocycles. The van der Waals surface area contributed by atoms with Gasteiger partial charge in [-0.25, -0.2) is 0 Å². The van der Waals surface area contributed by atoms with Crippen LogP contribution in [-0.2, 0) is 0 Å². The number of rotatable bonds is 2. The summed E-state index contributed by atoms with van der Waals surface area (Å²) in [6.45, 7) is 1.60. The Bertz CT molecular complexity index is 437. The highest BCUT2D eigenvalue weighted by Gasteiger charge is 2.25. The lowest BCUT2D eigenvalue weighted by Crippen LogP contribution is -2.28. The first-order valence-corrected chi connectivity index (χ1v) is 7.09. The molecule has 0 spiro atoms. The topological polar surface area (TPSA) is 29.5 Å². The fourth-order valence-electron chi connectivity index (χ4n) is 1.88. The highest BCUT2D eigenvalue weighted by atomic mass is 79.9. The summed E-state index contributed by atoms with van der Waals surface area (Å²) in [6, 6.07) is 5.41. The molecular formula is C12H13Br2NO2. The molecule has 1 atom stereocenters. The van der Waals surface area contributed by atoms with Gasteiger partial charge >= 0.3 is 0 Å². The van der Waals surface area contributed by atoms with Gasteiger partial charge < -0.3 is 9.64 Å². The third kappa shape index (κ3) is 2.83. The summed E-state index contributed by atoms with van der Waals surface area (Å²) >= 11 is 6.92. The maximum Gasteiger partial charge on any atom is 0.253 e. The van der Waals surface area contributed by atoms with E-state index in [4.69, 9.17) is 4.74 Å². The van der Waals surface area contributed by atoms with Gasteiger partial charge in [0.2, 0.25) is 0 Å². The quantitative estimate of drug-likeness (QED) is 0.756. The minimum atomic E-state index is 0.0790. The third-order valence-corrected chi connectivity index (χ3v) is 4.18. The molecule has 92 valence electrons. The lowest BCUT2D eigenvalue weighted by atomic mass is 10.2. The highest BCUT2D eigenvalue weighted by molar-refractivity contribution is 9.10. The van der Waals surface area contributed by atoms with E-state index in [9.17, 15) is 4.79 Å². The number of hydrogen-bond acceptors (Lipinski definition) is 2. The molecule has 1 aliphatic rings. The number of carbonyl (C=O) groups is 1. The molecule has 2 rings (SSSR count). The molecule has 17 heavy (non-hydrogen) atoms. The van der Waals surface area contributed by atoms with Gasteiger partial charge in [-0.3, -0.25) is 4.79 Å². The minimum absolute atomic E-state index is 0.0790. The summed E-state index contributed by atoms with van der Waals surface area (Å²) in [4.78, 5) is 14.5. The summed E-state index contributed by atoms with van der Waals surface area (Å²) in [7, 11) is 1.61. The number of methoxy groups -OCH3 is 1. The Labute approximate surface area is 117 Å². The van der Waals surface area contributed by atoms with Crippen LogP contribution in [0.25, 0.3) is 0 Å². The van der Waals surface area contributed by atoms with Crippen LogP contribution in [0.2, 0.25) is 0 Å². The molecule has 1 heterocycles. The van der Waals surface area contributed by atoms with Gasteiger partial charge in [-0.1, -0.05) is 15.9 Å². The number of alkyl halides is 1. The molecular weight excluding hydrogens is 350 g/mol. The summed E-state index contributed by atoms with van der Waals surface area (Å²) in [5.41, 5.74) is 0.694. The van der Waals surface area contributed by atoms with E-state index >= 15 is 0 Å². The molecule has 1 fully saturated rings. The molecule has 0 radical (unpaired) electrons. The smallest absolute Gasteiger partial charge is 0.253 e. The van der Waals surface area contributed by atoms with Crippen molar-refractivity contribution >= 4 is 37.8 Å². The first-order chi connectivity index (χ1) is 8.11. The molecule has 3 nitrogen and oxygen atoms in total. The first-order valence-electron chi connectivity index (χ1n) is 5.38. The SMILES string of the molecule is COc1ccc(C(=O)N2CCC(Br)C2)cc1Br. The predicted octanol–water partition coefficient (Wildman–Crippen LogP) is 3.07. The Morgan fingerprint density at radius 2 is 2.29 bits per heavy atom. The second kappa shape index (κ2) is 5.40. The highest BCUT2D eigenvalue weighted by Crippen LogP contribution is 2.27. The van der Waals surface area contributed by atoms with Crippen LogP contribution in [-0.4, -0.2) is 35.8 Å². The van der Waals surface area contributed by atoms with Gasteiger partial charge in [0.05, 0.1) is 11.6 Å². The van der Waals surface area contributed by atoms with E-state index < -0.39 is 0 Å². The minimum Gasteiger partial charge on any atom is -0.496 e. The van der Waals surface area contributed by atoms with Crippen molar-refractivity contribution in [1.82, 2.24) is 4.90 Å². The molecule has 1 unspecified atom stereocenters. The van der Waals surface area contributed by atoms with E-state index in [1.54, 1.807) is 19.2 Å². The van der Waals surface area contributed by atoms with E-state index in [2.05, 4.69) is 31.9 Å². The predicted molar refractivity (Wildman–Crippen MR) is 73.9 cm³/mol. The number of hydrogen-bond donors (Lipinski definition) is 0. The zero-order valence-corrected chi connectivity index (χ0v) is 12.6. The zero-order valence-electron chi connectivity index (χ0n) is 9.45. The average molecular weight is 363 g/mol. The van der Waals surface area contributed by atoms with Crippen molar-refractivity contribution in [2.24, 2.45) is 0 Å². The number of carbonyl (C=O) groups excluding carboxylic acids is 1. The largest absolute Gasteiger partial charge is 0.496 e. The van der Waals surface area contributed by atoms with Crippen LogP contribution >= 0.6 is 31.9 Å². The Balaban J connectivity index is 2.17. The molecule has 1 amide bonds. The molecule has 0 bridgehead atoms. The molecule has 0 N–H and O–H groups in total. The van der Waals surface area contributed by atoms with Gasteiger partial charge in [0, 0.05) is 23.5 Å². The fraction of sp³-hybridized carbons (Fsp3) is 0.417. The number of benzene rings is 1. The summed E-state index contributed by atoms with van der Waals surface area (Å²) in [6.07, 6.45) is 1.02. The van der Waals surface area contributed by atoms with E-state index in [1.807, 2.05) is 11.0 Å². The lowest BCUT2D eigenvalue weighted by Gasteiger charge is -2.16. The fourth-order valence-corrected chi connectivity index (χ4v) is 2.98. The van der Waals surface area contributed by atoms with E-state index in [0.29, 0.717) is 10.4 Å². The van der Waals surface area contributed by atoms with Crippen molar-refractivity contribution < 1.29 is 9.53 Å². The summed E-state index contributed by atoms with van der Waals surface area (Å²) < 4.78 is 5.95. The standard InChI is InChI=1S/C12H13Br2NO2/c1-17-11-3-2-8(6-10(11)14)12(16)15-5-4-9(13)7-15/h2-3,6,9H,4-5,7H2,1H3. The second-order valence-corrected chi connectivity index (χ2v) is 6.14. The van der Waals surface area contributed by atoms with Gasteiger partial charge in [0.1, 0.15) is 5.75 Å². The number of likely N-dealkylation sites (tertiary alicyclic amines) is 1. The van der Waals surface area contributed by atoms with Crippen LogP contribution < -0.4 is 4.74 Å². The van der Waals surface area contributed by atoms with Gasteiger partial charge in [0.25, 0.3) is 5.91 Å². The Kier molecular flexibility index (Phi) is 4.09. The van der Waals surface area contributed by atoms with Gasteiger partial charge in [-0.05, 0) is 40.5 Å². The monoisotopic (exact) mass is 361 g/mol. The molecule has 1 saturated heterocycles. The zero-order chi connectivity index (χ0) is 12.4. The molecule has 0 aliphatic carbocycles. The number of ether oxygens (including phenoxy) is 1. The summed E-state index contributed by atoms with van der Waals surface area (Å²) in [5, 5.41) is 0. The molecule has 0 saturated carbocycles. The van der Waals surface area contributed by atoms with Crippen molar-refractivity contribution in [3.05, 3.63) is 28.2 Å². The lowest BCUT2D eigenvalue weighted by molar-refractivity contribution is 0.0793. The molecule has 1 aromatic rings. The Morgan fingerprint density at radius 1 is 1.53 bits per heavy atom. The first kappa shape index (κ1) is 12.9. The van der Waals surface area contributed by atoms with Crippen molar-refractivity contribution in [1.29, 1.82) is 0 Å². The van der Waals surface area contributed by atoms with Crippen LogP contribution in [0, 0.1) is 0 Å². The van der Waals surface area contributed by atoms with Crippen molar-refractivity contribution in [2.45, 2.75) is 11.2 Å². The van der Waals surface area contributed by atoms with Crippen LogP contribution in [0.3, 0.4) is 0 Å². The third-order valence-electron chi connectivity index (χ3n) is 2.82. The van der Waals surface area contributed by atoms with Crippen LogP contribution in [0.5, 0.6) is 5.75 Å². The second-order valence-electron chi connectivity index (χ2n) is 3.99. The average Bonchev–Trinajstić information content (AvgIpc) is 2.75. The normalized spacial score (nSPS) is 19.5. The van der Waals surface area contributed by atoms with Crippen molar-refractivity contribution in [3.63, 3.8) is 0 Å². The summed E-state index contributed by atoms with van der Waals surface area (Å²) in [5.74, 6) is 0.816. The Hall–Kier alpha value is -0.550. The molecule has 1 aliphatic heterocycles. The maximum absolute atomic E-state index is 12.2. The Morgan fingerprint density at radius 3 is 2.82 bits per heavy atom. The number of amides is 1. The van der Waals surface area contributed by atoms with Gasteiger partial charge in [-0.2, -0.15) is 0 Å². The van der Waals surface area contributed by atoms with Gasteiger partial charge in [0.15, 0.2) is 0 Å². The number of halogens is 2. The van der Waals surface area contributed by atoms with E-state index in [1.165, 1.54) is 0 Å². The van der Waals surface area contributed by atoms with Gasteiger partial charge in [-0.15, -0.1) is 0 Å². The molecule has 5 heteroatoms. The number of nitrogens with zero attached hydrogens (tertiary/aromatic N) is 1. The van der Waals surface area contributed by atoms with Crippen molar-refractivity contribution in [2.75, 3.05) is 20.2 Å². The van der Waals surface area contributed by atoms with Crippen LogP contribution in [0.15, 0.2) is 22.7 Å². The maximum atomic E-state index is 12.2. The van der Waals surface area contributed by atoms with Crippen LogP contribution in [0.4, 0.5) is 0 Å². The van der Waals surface area contributed by atoms with Crippen LogP contribution in [0.1, 0.15) is 16.8 Å². The van der Waals surface area contributed by atoms with E-state index in [0.717, 1.165) is 29.7 Å². The molecule has 1 aromatic carbocycles.